The number of rotatable bonds is 13. The Morgan fingerprint density at radius 3 is 1.71 bits per heavy atom. The molecule has 0 unspecified atom stereocenters. The molecular formula is C19H31NO11. The molecule has 0 heterocycles. The number of carboxylic acid groups (broad SMARTS) is 1. The highest BCUT2D eigenvalue weighted by Gasteiger charge is 2.45. The molecule has 0 radical (unpaired) electrons. The maximum atomic E-state index is 13.4. The number of carbonyl (C=O) groups excluding carboxylic acids is 4. The topological polar surface area (TPSA) is 155 Å². The summed E-state index contributed by atoms with van der Waals surface area (Å²) in [6, 6.07) is -1.19. The molecule has 0 aromatic heterocycles. The number of hydrogen-bond acceptors (Lipinski definition) is 10. The van der Waals surface area contributed by atoms with Crippen LogP contribution in [-0.2, 0) is 47.7 Å². The van der Waals surface area contributed by atoms with Gasteiger partial charge in [-0.3, -0.25) is 14.4 Å². The smallest absolute Gasteiger partial charge is 0.349 e. The average Bonchev–Trinajstić information content (AvgIpc) is 2.68. The molecule has 0 aliphatic carbocycles. The van der Waals surface area contributed by atoms with E-state index in [1.54, 1.807) is 13.8 Å². The van der Waals surface area contributed by atoms with E-state index in [-0.39, 0.29) is 18.9 Å². The quantitative estimate of drug-likeness (QED) is 0.229. The van der Waals surface area contributed by atoms with Crippen molar-refractivity contribution in [2.45, 2.75) is 58.7 Å². The summed E-state index contributed by atoms with van der Waals surface area (Å²) in [6.45, 7) is 5.15. The van der Waals surface area contributed by atoms with Gasteiger partial charge in [0.25, 0.3) is 5.91 Å². The van der Waals surface area contributed by atoms with Gasteiger partial charge < -0.3 is 33.7 Å². The summed E-state index contributed by atoms with van der Waals surface area (Å²) < 4.78 is 24.6. The molecule has 178 valence electrons. The predicted molar refractivity (Wildman–Crippen MR) is 104 cm³/mol. The molecule has 0 aliphatic heterocycles. The summed E-state index contributed by atoms with van der Waals surface area (Å²) in [5.74, 6) is -5.69. The van der Waals surface area contributed by atoms with E-state index in [0.29, 0.717) is 0 Å². The molecule has 1 N–H and O–H groups in total. The number of esters is 3. The number of ether oxygens (including phenoxy) is 5. The monoisotopic (exact) mass is 449 g/mol. The van der Waals surface area contributed by atoms with E-state index in [2.05, 4.69) is 0 Å². The molecule has 0 fully saturated rings. The minimum atomic E-state index is -2.14. The minimum absolute atomic E-state index is 0.0844. The molecule has 0 saturated carbocycles. The summed E-state index contributed by atoms with van der Waals surface area (Å²) in [6.07, 6.45) is -5.07. The van der Waals surface area contributed by atoms with E-state index >= 15 is 0 Å². The Balaban J connectivity index is 6.43. The number of aliphatic carboxylic acids is 1. The van der Waals surface area contributed by atoms with Crippen molar-refractivity contribution < 1.29 is 52.8 Å². The van der Waals surface area contributed by atoms with Crippen LogP contribution in [0.3, 0.4) is 0 Å². The first kappa shape index (κ1) is 28.3. The van der Waals surface area contributed by atoms with Crippen LogP contribution in [0, 0.1) is 5.92 Å². The Labute approximate surface area is 180 Å². The highest BCUT2D eigenvalue weighted by molar-refractivity contribution is 5.93. The van der Waals surface area contributed by atoms with Crippen molar-refractivity contribution >= 4 is 29.8 Å². The van der Waals surface area contributed by atoms with E-state index < -0.39 is 54.3 Å². The first-order chi connectivity index (χ1) is 14.4. The Hall–Kier alpha value is -2.73. The number of amides is 1. The second-order valence-corrected chi connectivity index (χ2v) is 6.96. The molecule has 0 aliphatic rings. The van der Waals surface area contributed by atoms with Gasteiger partial charge in [0.15, 0.2) is 6.29 Å². The molecule has 3 atom stereocenters. The number of hydrogen-bond donors (Lipinski definition) is 1. The molecule has 1 amide bonds. The molecule has 0 bridgehead atoms. The van der Waals surface area contributed by atoms with Crippen molar-refractivity contribution in [2.75, 3.05) is 27.9 Å². The maximum Gasteiger partial charge on any atom is 0.349 e. The van der Waals surface area contributed by atoms with E-state index in [0.717, 1.165) is 25.9 Å². The lowest BCUT2D eigenvalue weighted by Crippen LogP contribution is -2.57. The molecule has 0 saturated heterocycles. The fraction of sp³-hybridized carbons (Fsp3) is 0.737. The van der Waals surface area contributed by atoms with Crippen molar-refractivity contribution in [2.24, 2.45) is 5.92 Å². The van der Waals surface area contributed by atoms with Crippen molar-refractivity contribution in [3.8, 4) is 0 Å². The van der Waals surface area contributed by atoms with Gasteiger partial charge in [0, 0.05) is 28.1 Å². The lowest BCUT2D eigenvalue weighted by Gasteiger charge is -2.35. The summed E-state index contributed by atoms with van der Waals surface area (Å²) in [5.41, 5.74) is 0. The van der Waals surface area contributed by atoms with Crippen LogP contribution in [-0.4, -0.2) is 92.2 Å². The Kier molecular flexibility index (Phi) is 12.4. The second kappa shape index (κ2) is 13.5. The van der Waals surface area contributed by atoms with Crippen LogP contribution >= 0.6 is 0 Å². The third kappa shape index (κ3) is 9.30. The lowest BCUT2D eigenvalue weighted by molar-refractivity contribution is -0.188. The van der Waals surface area contributed by atoms with Gasteiger partial charge in [-0.25, -0.2) is 9.59 Å². The van der Waals surface area contributed by atoms with Gasteiger partial charge in [-0.15, -0.1) is 0 Å². The molecule has 12 heteroatoms. The molecular weight excluding hydrogens is 418 g/mol. The molecule has 0 aromatic rings. The van der Waals surface area contributed by atoms with Crippen molar-refractivity contribution in [3.05, 3.63) is 0 Å². The minimum Gasteiger partial charge on any atom is -0.478 e. The van der Waals surface area contributed by atoms with Gasteiger partial charge in [0.2, 0.25) is 12.2 Å². The first-order valence-corrected chi connectivity index (χ1v) is 9.40. The third-order valence-electron chi connectivity index (χ3n) is 4.05. The van der Waals surface area contributed by atoms with Crippen LogP contribution in [0.15, 0.2) is 0 Å². The first-order valence-electron chi connectivity index (χ1n) is 9.40. The molecule has 0 spiro atoms. The van der Waals surface area contributed by atoms with Crippen LogP contribution in [0.5, 0.6) is 0 Å². The van der Waals surface area contributed by atoms with Crippen molar-refractivity contribution in [3.63, 3.8) is 0 Å². The Bertz CT molecular complexity index is 645. The molecule has 0 rings (SSSR count). The highest BCUT2D eigenvalue weighted by atomic mass is 16.7. The van der Waals surface area contributed by atoms with E-state index in [1.807, 2.05) is 0 Å². The molecule has 12 nitrogen and oxygen atoms in total. The van der Waals surface area contributed by atoms with Crippen molar-refractivity contribution in [1.29, 1.82) is 0 Å². The van der Waals surface area contributed by atoms with Gasteiger partial charge in [-0.1, -0.05) is 13.8 Å². The zero-order valence-electron chi connectivity index (χ0n) is 18.8. The van der Waals surface area contributed by atoms with E-state index in [9.17, 15) is 29.1 Å². The maximum absolute atomic E-state index is 13.4. The predicted octanol–water partition coefficient (Wildman–Crippen LogP) is -0.0304. The summed E-state index contributed by atoms with van der Waals surface area (Å²) in [7, 11) is 3.73. The largest absolute Gasteiger partial charge is 0.478 e. The van der Waals surface area contributed by atoms with Crippen LogP contribution in [0.4, 0.5) is 0 Å². The number of carboxylic acids is 1. The van der Waals surface area contributed by atoms with Gasteiger partial charge in [0.1, 0.15) is 6.04 Å². The van der Waals surface area contributed by atoms with Gasteiger partial charge in [-0.05, 0) is 12.3 Å². The van der Waals surface area contributed by atoms with Crippen molar-refractivity contribution in [1.82, 2.24) is 4.90 Å². The normalized spacial score (nSPS) is 13.8. The van der Waals surface area contributed by atoms with Crippen LogP contribution in [0.2, 0.25) is 0 Å². The number of nitrogens with zero attached hydrogens (tertiary/aromatic N) is 1. The average molecular weight is 449 g/mol. The Morgan fingerprint density at radius 2 is 1.35 bits per heavy atom. The summed E-state index contributed by atoms with van der Waals surface area (Å²) in [4.78, 5) is 61.5. The summed E-state index contributed by atoms with van der Waals surface area (Å²) in [5, 5.41) is 9.47. The van der Waals surface area contributed by atoms with Crippen LogP contribution in [0.1, 0.15) is 34.1 Å². The number of carbonyl (C=O) groups is 5. The third-order valence-corrected chi connectivity index (χ3v) is 4.05. The van der Waals surface area contributed by atoms with Crippen LogP contribution < -0.4 is 0 Å². The SMILES string of the molecule is COC(=O)[C@H](CC(C)C)N(CC(OC)OC)C(=O)[C@@H](OC(C)=O)[C@H](OC(C)=O)C(=O)O. The highest BCUT2D eigenvalue weighted by Crippen LogP contribution is 2.19. The molecule has 0 aromatic carbocycles. The Morgan fingerprint density at radius 1 is 0.871 bits per heavy atom. The van der Waals surface area contributed by atoms with E-state index in [1.165, 1.54) is 14.2 Å². The lowest BCUT2D eigenvalue weighted by atomic mass is 10.0. The molecule has 31 heavy (non-hydrogen) atoms. The second-order valence-electron chi connectivity index (χ2n) is 6.96. The standard InChI is InChI=1S/C19H31NO11/c1-10(2)8-13(19(26)29-7)20(9-14(27-5)28-6)17(23)15(30-11(3)21)16(18(24)25)31-12(4)22/h10,13-16H,8-9H2,1-7H3,(H,24,25)/t13-,15-,16-/m0/s1. The fourth-order valence-corrected chi connectivity index (χ4v) is 2.71. The van der Waals surface area contributed by atoms with Gasteiger partial charge in [-0.2, -0.15) is 0 Å². The zero-order valence-corrected chi connectivity index (χ0v) is 18.8. The summed E-state index contributed by atoms with van der Waals surface area (Å²) >= 11 is 0. The van der Waals surface area contributed by atoms with Gasteiger partial charge >= 0.3 is 23.9 Å². The zero-order chi connectivity index (χ0) is 24.3. The number of methoxy groups -OCH3 is 3. The van der Waals surface area contributed by atoms with Gasteiger partial charge in [0.05, 0.1) is 13.7 Å². The van der Waals surface area contributed by atoms with Crippen LogP contribution in [0.25, 0.3) is 0 Å². The van der Waals surface area contributed by atoms with E-state index in [4.69, 9.17) is 23.7 Å². The fourth-order valence-electron chi connectivity index (χ4n) is 2.71.